The van der Waals surface area contributed by atoms with Gasteiger partial charge >= 0.3 is 0 Å². The predicted molar refractivity (Wildman–Crippen MR) is 114 cm³/mol. The van der Waals surface area contributed by atoms with E-state index in [2.05, 4.69) is 12.1 Å². The third kappa shape index (κ3) is 3.88. The van der Waals surface area contributed by atoms with Gasteiger partial charge in [-0.2, -0.15) is 0 Å². The minimum absolute atomic E-state index is 0.0628. The van der Waals surface area contributed by atoms with Gasteiger partial charge in [0, 0.05) is 63.7 Å². The molecule has 1 aromatic heterocycles. The molecule has 0 radical (unpaired) electrons. The van der Waals surface area contributed by atoms with Crippen molar-refractivity contribution in [2.75, 3.05) is 39.3 Å². The molecular weight excluding hydrogens is 386 g/mol. The SMILES string of the molecule is CC(=O)N1CCCN(C(=O)c2sc3ccccc3c2[C@@H]2CCN(C(C)=O)C2)CC1. The highest BCUT2D eigenvalue weighted by atomic mass is 32.1. The monoisotopic (exact) mass is 413 g/mol. The van der Waals surface area contributed by atoms with Crippen molar-refractivity contribution >= 4 is 39.1 Å². The molecular formula is C22H27N3O3S. The summed E-state index contributed by atoms with van der Waals surface area (Å²) in [4.78, 5) is 43.5. The first-order valence-electron chi connectivity index (χ1n) is 10.3. The van der Waals surface area contributed by atoms with Gasteiger partial charge < -0.3 is 14.7 Å². The van der Waals surface area contributed by atoms with E-state index in [-0.39, 0.29) is 23.6 Å². The largest absolute Gasteiger partial charge is 0.342 e. The van der Waals surface area contributed by atoms with E-state index in [0.29, 0.717) is 32.7 Å². The van der Waals surface area contributed by atoms with Gasteiger partial charge in [0.1, 0.15) is 0 Å². The molecule has 0 N–H and O–H groups in total. The van der Waals surface area contributed by atoms with Crippen LogP contribution < -0.4 is 0 Å². The number of hydrogen-bond donors (Lipinski definition) is 0. The lowest BCUT2D eigenvalue weighted by Crippen LogP contribution is -2.36. The van der Waals surface area contributed by atoms with Crippen LogP contribution in [0.3, 0.4) is 0 Å². The van der Waals surface area contributed by atoms with Crippen molar-refractivity contribution in [1.29, 1.82) is 0 Å². The summed E-state index contributed by atoms with van der Waals surface area (Å²) in [7, 11) is 0. The summed E-state index contributed by atoms with van der Waals surface area (Å²) in [5.41, 5.74) is 1.10. The maximum atomic E-state index is 13.5. The summed E-state index contributed by atoms with van der Waals surface area (Å²) >= 11 is 1.56. The Kier molecular flexibility index (Phi) is 5.58. The predicted octanol–water partition coefficient (Wildman–Crippen LogP) is 2.93. The molecule has 29 heavy (non-hydrogen) atoms. The molecule has 2 fully saturated rings. The summed E-state index contributed by atoms with van der Waals surface area (Å²) in [6.07, 6.45) is 1.69. The van der Waals surface area contributed by atoms with Gasteiger partial charge in [-0.25, -0.2) is 0 Å². The molecule has 154 valence electrons. The van der Waals surface area contributed by atoms with E-state index in [4.69, 9.17) is 0 Å². The summed E-state index contributed by atoms with van der Waals surface area (Å²) in [5.74, 6) is 0.413. The van der Waals surface area contributed by atoms with E-state index >= 15 is 0 Å². The van der Waals surface area contributed by atoms with Crippen LogP contribution in [0.15, 0.2) is 24.3 Å². The normalized spacial score (nSPS) is 20.2. The van der Waals surface area contributed by atoms with Crippen molar-refractivity contribution < 1.29 is 14.4 Å². The zero-order valence-electron chi connectivity index (χ0n) is 17.0. The van der Waals surface area contributed by atoms with E-state index in [1.54, 1.807) is 25.2 Å². The quantitative estimate of drug-likeness (QED) is 0.761. The van der Waals surface area contributed by atoms with Gasteiger partial charge in [-0.3, -0.25) is 14.4 Å². The summed E-state index contributed by atoms with van der Waals surface area (Å²) < 4.78 is 1.12. The Labute approximate surface area is 175 Å². The molecule has 0 bridgehead atoms. The molecule has 1 atom stereocenters. The molecule has 0 unspecified atom stereocenters. The maximum absolute atomic E-state index is 13.5. The number of thiophene rings is 1. The molecule has 2 aromatic rings. The molecule has 0 saturated carbocycles. The Hall–Kier alpha value is -2.41. The van der Waals surface area contributed by atoms with Gasteiger partial charge in [-0.1, -0.05) is 18.2 Å². The number of likely N-dealkylation sites (tertiary alicyclic amines) is 1. The van der Waals surface area contributed by atoms with Crippen LogP contribution in [-0.4, -0.2) is 71.7 Å². The zero-order chi connectivity index (χ0) is 20.5. The zero-order valence-corrected chi connectivity index (χ0v) is 17.8. The van der Waals surface area contributed by atoms with Gasteiger partial charge in [0.05, 0.1) is 4.88 Å². The van der Waals surface area contributed by atoms with Crippen LogP contribution in [0.2, 0.25) is 0 Å². The molecule has 0 spiro atoms. The number of hydrogen-bond acceptors (Lipinski definition) is 4. The Morgan fingerprint density at radius 1 is 0.897 bits per heavy atom. The van der Waals surface area contributed by atoms with Crippen LogP contribution in [0.4, 0.5) is 0 Å². The molecule has 7 heteroatoms. The minimum atomic E-state index is 0.0628. The average molecular weight is 414 g/mol. The number of amides is 3. The number of fused-ring (bicyclic) bond motifs is 1. The summed E-state index contributed by atoms with van der Waals surface area (Å²) in [6.45, 7) is 7.14. The fourth-order valence-corrected chi connectivity index (χ4v) is 5.75. The fraction of sp³-hybridized carbons (Fsp3) is 0.500. The topological polar surface area (TPSA) is 60.9 Å². The maximum Gasteiger partial charge on any atom is 0.264 e. The Balaban J connectivity index is 1.66. The van der Waals surface area contributed by atoms with Crippen LogP contribution >= 0.6 is 11.3 Å². The van der Waals surface area contributed by atoms with Crippen molar-refractivity contribution in [2.45, 2.75) is 32.6 Å². The summed E-state index contributed by atoms with van der Waals surface area (Å²) in [5, 5.41) is 1.14. The van der Waals surface area contributed by atoms with Gasteiger partial charge in [-0.15, -0.1) is 11.3 Å². The lowest BCUT2D eigenvalue weighted by atomic mass is 9.94. The van der Waals surface area contributed by atoms with Crippen LogP contribution in [-0.2, 0) is 9.59 Å². The molecule has 2 aliphatic heterocycles. The Bertz CT molecular complexity index is 954. The first-order valence-corrected chi connectivity index (χ1v) is 11.1. The Morgan fingerprint density at radius 3 is 2.31 bits per heavy atom. The van der Waals surface area contributed by atoms with Gasteiger partial charge in [0.2, 0.25) is 11.8 Å². The van der Waals surface area contributed by atoms with Crippen molar-refractivity contribution in [3.63, 3.8) is 0 Å². The van der Waals surface area contributed by atoms with Crippen molar-refractivity contribution in [3.8, 4) is 0 Å². The van der Waals surface area contributed by atoms with E-state index in [9.17, 15) is 14.4 Å². The molecule has 1 aromatic carbocycles. The first-order chi connectivity index (χ1) is 14.0. The molecule has 2 saturated heterocycles. The molecule has 0 aliphatic carbocycles. The number of carbonyl (C=O) groups excluding carboxylic acids is 3. The van der Waals surface area contributed by atoms with Crippen LogP contribution in [0.25, 0.3) is 10.1 Å². The van der Waals surface area contributed by atoms with E-state index in [1.807, 2.05) is 26.8 Å². The first kappa shape index (κ1) is 19.9. The van der Waals surface area contributed by atoms with Crippen molar-refractivity contribution in [2.24, 2.45) is 0 Å². The minimum Gasteiger partial charge on any atom is -0.342 e. The molecule has 6 nitrogen and oxygen atoms in total. The molecule has 3 heterocycles. The summed E-state index contributed by atoms with van der Waals surface area (Å²) in [6, 6.07) is 8.18. The number of rotatable bonds is 2. The number of carbonyl (C=O) groups is 3. The van der Waals surface area contributed by atoms with Gasteiger partial charge in [0.25, 0.3) is 5.91 Å². The molecule has 3 amide bonds. The highest BCUT2D eigenvalue weighted by Gasteiger charge is 2.33. The van der Waals surface area contributed by atoms with E-state index in [1.165, 1.54) is 0 Å². The van der Waals surface area contributed by atoms with E-state index in [0.717, 1.165) is 39.9 Å². The highest BCUT2D eigenvalue weighted by Crippen LogP contribution is 2.40. The van der Waals surface area contributed by atoms with Crippen LogP contribution in [0.5, 0.6) is 0 Å². The fourth-order valence-electron chi connectivity index (χ4n) is 4.49. The van der Waals surface area contributed by atoms with Gasteiger partial charge in [0.15, 0.2) is 0 Å². The van der Waals surface area contributed by atoms with Crippen LogP contribution in [0, 0.1) is 0 Å². The standard InChI is InChI=1S/C22H27N3O3S/c1-15(26)23-9-5-10-24(13-12-23)22(28)21-20(17-8-11-25(14-17)16(2)27)18-6-3-4-7-19(18)29-21/h3-4,6-7,17H,5,8-14H2,1-2H3/t17-/m1/s1. The van der Waals surface area contributed by atoms with Gasteiger partial charge in [-0.05, 0) is 29.9 Å². The third-order valence-electron chi connectivity index (χ3n) is 6.10. The van der Waals surface area contributed by atoms with Crippen molar-refractivity contribution in [3.05, 3.63) is 34.7 Å². The van der Waals surface area contributed by atoms with E-state index < -0.39 is 0 Å². The van der Waals surface area contributed by atoms with Crippen molar-refractivity contribution in [1.82, 2.24) is 14.7 Å². The second-order valence-electron chi connectivity index (χ2n) is 7.94. The lowest BCUT2D eigenvalue weighted by Gasteiger charge is -2.22. The second-order valence-corrected chi connectivity index (χ2v) is 9.00. The Morgan fingerprint density at radius 2 is 1.59 bits per heavy atom. The number of benzene rings is 1. The lowest BCUT2D eigenvalue weighted by molar-refractivity contribution is -0.129. The molecule has 2 aliphatic rings. The number of nitrogens with zero attached hydrogens (tertiary/aromatic N) is 3. The average Bonchev–Trinajstić information content (AvgIpc) is 3.24. The highest BCUT2D eigenvalue weighted by molar-refractivity contribution is 7.21. The molecule has 4 rings (SSSR count). The smallest absolute Gasteiger partial charge is 0.264 e. The second kappa shape index (κ2) is 8.14. The van der Waals surface area contributed by atoms with Crippen LogP contribution in [0.1, 0.15) is 47.8 Å². The third-order valence-corrected chi connectivity index (χ3v) is 7.27.